The molecule has 1 unspecified atom stereocenters. The van der Waals surface area contributed by atoms with Gasteiger partial charge in [0.15, 0.2) is 0 Å². The summed E-state index contributed by atoms with van der Waals surface area (Å²) in [5.41, 5.74) is 2.62. The summed E-state index contributed by atoms with van der Waals surface area (Å²) in [4.78, 5) is 97.1. The van der Waals surface area contributed by atoms with Crippen LogP contribution in [0.15, 0.2) is 71.1 Å². The van der Waals surface area contributed by atoms with Gasteiger partial charge in [-0.1, -0.05) is 104 Å². The van der Waals surface area contributed by atoms with Gasteiger partial charge in [-0.3, -0.25) is 33.8 Å². The molecule has 9 N–H and O–H groups in total. The third kappa shape index (κ3) is 16.6. The Balaban J connectivity index is 1.35. The number of aromatic amines is 1. The number of nitrogens with zero attached hydrogens (tertiary/aromatic N) is 1. The molecular formula is C59H90N6O13. The van der Waals surface area contributed by atoms with Crippen LogP contribution in [0.1, 0.15) is 139 Å². The Labute approximate surface area is 460 Å². The Kier molecular flexibility index (Phi) is 23.8. The lowest BCUT2D eigenvalue weighted by molar-refractivity contribution is -0.267. The summed E-state index contributed by atoms with van der Waals surface area (Å²) in [6.45, 7) is 18.2. The van der Waals surface area contributed by atoms with E-state index >= 15 is 0 Å². The first kappa shape index (κ1) is 63.5. The van der Waals surface area contributed by atoms with E-state index in [1.165, 1.54) is 30.1 Å². The number of hydrogen-bond donors (Lipinski definition) is 9. The number of piperidine rings is 1. The zero-order valence-corrected chi connectivity index (χ0v) is 47.5. The van der Waals surface area contributed by atoms with Crippen molar-refractivity contribution in [2.75, 3.05) is 6.54 Å². The van der Waals surface area contributed by atoms with Gasteiger partial charge in [-0.15, -0.1) is 0 Å². The highest BCUT2D eigenvalue weighted by molar-refractivity contribution is 5.93. The van der Waals surface area contributed by atoms with Crippen LogP contribution in [0, 0.1) is 47.3 Å². The third-order valence-electron chi connectivity index (χ3n) is 16.8. The SMILES string of the molecule is CC[C@H]1C[C@H](C)[C@@]2(NC1=O)O[C@@H](C[C@H](O)[C@@H](C)CCC=CC=C(C)[C@@H]1CC=CC=C[C@H](O)[C@H](C)[C@@H](O)[C@@H](CCC(C)=O)C(=O)N[C@@H](C(C)C)C(=O)N[C@@H](Cc3cccc(=O)[nH]3)C(=O)N3CCCC(N3)C(=O)O1)[C@H](C)[C@H](O)[C@@H]2C. The molecule has 1 aromatic rings. The van der Waals surface area contributed by atoms with Crippen LogP contribution in [-0.2, 0) is 44.7 Å². The van der Waals surface area contributed by atoms with E-state index in [0.29, 0.717) is 49.8 Å². The van der Waals surface area contributed by atoms with Crippen LogP contribution >= 0.6 is 0 Å². The molecule has 1 spiro atoms. The van der Waals surface area contributed by atoms with E-state index in [1.807, 2.05) is 52.8 Å². The highest BCUT2D eigenvalue weighted by Gasteiger charge is 2.57. The Morgan fingerprint density at radius 3 is 2.35 bits per heavy atom. The number of cyclic esters (lactones) is 1. The molecule has 3 saturated heterocycles. The molecule has 1 aromatic heterocycles. The first-order valence-electron chi connectivity index (χ1n) is 28.3. The minimum Gasteiger partial charge on any atom is -0.456 e. The molecule has 17 atom stereocenters. The molecule has 434 valence electrons. The molecule has 3 fully saturated rings. The molecule has 19 nitrogen and oxygen atoms in total. The number of hydrogen-bond acceptors (Lipinski definition) is 14. The number of H-pyrrole nitrogens is 1. The molecule has 0 saturated carbocycles. The average molecular weight is 1090 g/mol. The Hall–Kier alpha value is -5.31. The smallest absolute Gasteiger partial charge is 0.325 e. The van der Waals surface area contributed by atoms with Gasteiger partial charge < -0.3 is 55.6 Å². The second-order valence-corrected chi connectivity index (χ2v) is 23.0. The Morgan fingerprint density at radius 2 is 1.67 bits per heavy atom. The predicted molar refractivity (Wildman–Crippen MR) is 294 cm³/mol. The van der Waals surface area contributed by atoms with Crippen molar-refractivity contribution in [1.29, 1.82) is 0 Å². The van der Waals surface area contributed by atoms with Crippen molar-refractivity contribution >= 4 is 35.4 Å². The van der Waals surface area contributed by atoms with Gasteiger partial charge in [0.1, 0.15) is 35.7 Å². The second-order valence-electron chi connectivity index (χ2n) is 23.0. The van der Waals surface area contributed by atoms with Crippen LogP contribution in [0.4, 0.5) is 0 Å². The monoisotopic (exact) mass is 1090 g/mol. The fourth-order valence-corrected chi connectivity index (χ4v) is 11.2. The molecule has 4 amide bonds. The van der Waals surface area contributed by atoms with Gasteiger partial charge in [0, 0.05) is 73.6 Å². The number of amides is 4. The fourth-order valence-electron chi connectivity index (χ4n) is 11.2. The Morgan fingerprint density at radius 1 is 0.936 bits per heavy atom. The van der Waals surface area contributed by atoms with Crippen molar-refractivity contribution in [3.8, 4) is 0 Å². The van der Waals surface area contributed by atoms with E-state index in [1.54, 1.807) is 45.1 Å². The number of allylic oxidation sites excluding steroid dienone is 5. The Bertz CT molecular complexity index is 2400. The average Bonchev–Trinajstić information content (AvgIpc) is 3.51. The molecule has 4 aliphatic rings. The van der Waals surface area contributed by atoms with Crippen LogP contribution in [-0.4, -0.2) is 133 Å². The number of ether oxygens (including phenoxy) is 2. The van der Waals surface area contributed by atoms with Gasteiger partial charge in [0.25, 0.3) is 5.91 Å². The van der Waals surface area contributed by atoms with Crippen molar-refractivity contribution in [1.82, 2.24) is 31.4 Å². The number of carbonyl (C=O) groups excluding carboxylic acids is 6. The number of rotatable bonds is 15. The normalized spacial score (nSPS) is 34.1. The molecule has 5 heterocycles. The zero-order valence-electron chi connectivity index (χ0n) is 47.5. The molecule has 0 aromatic carbocycles. The maximum Gasteiger partial charge on any atom is 0.325 e. The number of carbonyl (C=O) groups is 6. The summed E-state index contributed by atoms with van der Waals surface area (Å²) in [7, 11) is 0. The van der Waals surface area contributed by atoms with E-state index in [2.05, 4.69) is 33.3 Å². The molecule has 2 bridgehead atoms. The largest absolute Gasteiger partial charge is 0.456 e. The van der Waals surface area contributed by atoms with Gasteiger partial charge in [-0.05, 0) is 82.3 Å². The number of aromatic nitrogens is 1. The number of esters is 1. The number of pyridine rings is 1. The van der Waals surface area contributed by atoms with E-state index in [-0.39, 0.29) is 73.5 Å². The highest BCUT2D eigenvalue weighted by atomic mass is 16.5. The number of fused-ring (bicyclic) bond motifs is 2. The standard InChI is InChI=1S/C59H90N6O13/c1-11-41-30-36(6)59(63-54(41)72)40(10)52(70)39(9)49(78-59)32-47(68)34(4)20-14-12-15-21-35(5)48-25-17-13-16-24-46(67)38(8)53(71)43(28-27-37(7)66)55(73)62-51(33(2)3)56(74)61-45(31-42-22-18-26-50(69)60-42)57(75)65-29-19-23-44(64-65)58(76)77-48/h12-13,15-18,21-22,24,26,33-34,36,38-41,43-49,51-53,64,67-68,70-71H,11,14,19-20,23,25,27-32H2,1-10H3,(H,60,69)(H,61,74)(H,62,73)(H,63,72)/t34-,36-,38-,39-,40-,41-,43+,44?,45-,46-,47-,48-,49-,51-,52-,53+,59+/m0/s1. The van der Waals surface area contributed by atoms with Crippen molar-refractivity contribution < 1.29 is 58.7 Å². The first-order chi connectivity index (χ1) is 36.9. The summed E-state index contributed by atoms with van der Waals surface area (Å²) in [5.74, 6) is -6.44. The van der Waals surface area contributed by atoms with Gasteiger partial charge in [-0.25, -0.2) is 5.43 Å². The molecule has 78 heavy (non-hydrogen) atoms. The number of ketones is 1. The van der Waals surface area contributed by atoms with E-state index in [9.17, 15) is 54.0 Å². The van der Waals surface area contributed by atoms with Crippen LogP contribution in [0.2, 0.25) is 0 Å². The van der Waals surface area contributed by atoms with Crippen molar-refractivity contribution in [2.45, 2.75) is 200 Å². The lowest BCUT2D eigenvalue weighted by atomic mass is 9.69. The highest BCUT2D eigenvalue weighted by Crippen LogP contribution is 2.46. The number of nitrogens with one attached hydrogen (secondary N) is 5. The molecule has 0 radical (unpaired) electrons. The molecular weight excluding hydrogens is 1000 g/mol. The summed E-state index contributed by atoms with van der Waals surface area (Å²) >= 11 is 0. The van der Waals surface area contributed by atoms with E-state index in [0.717, 1.165) is 6.42 Å². The van der Waals surface area contributed by atoms with Crippen LogP contribution in [0.25, 0.3) is 0 Å². The van der Waals surface area contributed by atoms with Crippen LogP contribution in [0.5, 0.6) is 0 Å². The molecule has 19 heteroatoms. The van der Waals surface area contributed by atoms with Crippen molar-refractivity contribution in [3.63, 3.8) is 0 Å². The van der Waals surface area contributed by atoms with Crippen molar-refractivity contribution in [2.24, 2.45) is 47.3 Å². The summed E-state index contributed by atoms with van der Waals surface area (Å²) in [6.07, 6.45) is 10.4. The predicted octanol–water partition coefficient (Wildman–Crippen LogP) is 4.39. The second kappa shape index (κ2) is 29.2. The van der Waals surface area contributed by atoms with Gasteiger partial charge in [0.05, 0.1) is 36.4 Å². The lowest BCUT2D eigenvalue weighted by Crippen LogP contribution is -2.71. The van der Waals surface area contributed by atoms with Crippen LogP contribution in [0.3, 0.4) is 0 Å². The molecule has 5 rings (SSSR count). The van der Waals surface area contributed by atoms with Gasteiger partial charge >= 0.3 is 5.97 Å². The lowest BCUT2D eigenvalue weighted by Gasteiger charge is -2.56. The topological polar surface area (TPSA) is 286 Å². The minimum absolute atomic E-state index is 0.0278. The van der Waals surface area contributed by atoms with Gasteiger partial charge in [0.2, 0.25) is 23.3 Å². The van der Waals surface area contributed by atoms with Gasteiger partial charge in [-0.2, -0.15) is 0 Å². The summed E-state index contributed by atoms with van der Waals surface area (Å²) in [6, 6.07) is 0.970. The van der Waals surface area contributed by atoms with Crippen molar-refractivity contribution in [3.05, 3.63) is 82.4 Å². The molecule has 4 aliphatic heterocycles. The quantitative estimate of drug-likeness (QED) is 0.0871. The number of hydrazine groups is 1. The van der Waals surface area contributed by atoms with Crippen LogP contribution < -0.4 is 26.9 Å². The minimum atomic E-state index is -1.44. The third-order valence-corrected chi connectivity index (χ3v) is 16.8. The first-order valence-corrected chi connectivity index (χ1v) is 28.3. The number of aliphatic hydroxyl groups excluding tert-OH is 4. The maximum absolute atomic E-state index is 14.5. The summed E-state index contributed by atoms with van der Waals surface area (Å²) < 4.78 is 12.9. The summed E-state index contributed by atoms with van der Waals surface area (Å²) in [5, 5.41) is 55.7. The van der Waals surface area contributed by atoms with E-state index < -0.39 is 107 Å². The molecule has 0 aliphatic carbocycles. The maximum atomic E-state index is 14.5. The van der Waals surface area contributed by atoms with E-state index in [4.69, 9.17) is 9.47 Å². The number of aliphatic hydroxyl groups is 4. The zero-order chi connectivity index (χ0) is 57.6. The fraction of sp³-hybridized carbons (Fsp3) is 0.678. The number of Topliss-reactive ketones (excluding diaryl/α,β-unsaturated/α-hetero) is 1.